The van der Waals surface area contributed by atoms with Gasteiger partial charge < -0.3 is 5.73 Å². The first-order chi connectivity index (χ1) is 8.74. The molecule has 0 aliphatic rings. The predicted octanol–water partition coefficient (Wildman–Crippen LogP) is 2.93. The van der Waals surface area contributed by atoms with Crippen molar-refractivity contribution in [3.63, 3.8) is 0 Å². The van der Waals surface area contributed by atoms with Crippen molar-refractivity contribution in [2.45, 2.75) is 0 Å². The van der Waals surface area contributed by atoms with Crippen LogP contribution in [-0.2, 0) is 0 Å². The first kappa shape index (κ1) is 10.9. The Bertz CT molecular complexity index is 727. The van der Waals surface area contributed by atoms with Gasteiger partial charge in [0.15, 0.2) is 5.15 Å². The molecule has 2 N–H and O–H groups in total. The summed E-state index contributed by atoms with van der Waals surface area (Å²) in [6.45, 7) is 0. The summed E-state index contributed by atoms with van der Waals surface area (Å²) in [4.78, 5) is 12.5. The number of fused-ring (bicyclic) bond motifs is 1. The van der Waals surface area contributed by atoms with Crippen LogP contribution in [0.1, 0.15) is 0 Å². The lowest BCUT2D eigenvalue weighted by Gasteiger charge is -2.04. The molecule has 0 radical (unpaired) electrons. The molecule has 0 atom stereocenters. The molecular weight excluding hydrogens is 248 g/mol. The van der Waals surface area contributed by atoms with E-state index >= 15 is 0 Å². The zero-order chi connectivity index (χ0) is 12.5. The van der Waals surface area contributed by atoms with Crippen LogP contribution in [0.3, 0.4) is 0 Å². The number of pyridine rings is 1. The fraction of sp³-hybridized carbons (Fsp3) is 0. The summed E-state index contributed by atoms with van der Waals surface area (Å²) in [5.41, 5.74) is 7.98. The van der Waals surface area contributed by atoms with Crippen molar-refractivity contribution in [3.8, 4) is 11.3 Å². The molecule has 5 heteroatoms. The van der Waals surface area contributed by atoms with Crippen LogP contribution < -0.4 is 5.73 Å². The molecule has 0 bridgehead atoms. The van der Waals surface area contributed by atoms with E-state index in [0.29, 0.717) is 16.7 Å². The number of hydrogen-bond donors (Lipinski definition) is 1. The maximum atomic E-state index is 6.05. The highest BCUT2D eigenvalue weighted by Gasteiger charge is 2.07. The Morgan fingerprint density at radius 3 is 2.83 bits per heavy atom. The van der Waals surface area contributed by atoms with Crippen molar-refractivity contribution in [2.75, 3.05) is 5.73 Å². The van der Waals surface area contributed by atoms with Gasteiger partial charge in [-0.25, -0.2) is 9.97 Å². The minimum atomic E-state index is 0.304. The highest BCUT2D eigenvalue weighted by Crippen LogP contribution is 2.26. The molecule has 0 spiro atoms. The quantitative estimate of drug-likeness (QED) is 0.727. The first-order valence-electron chi connectivity index (χ1n) is 5.37. The van der Waals surface area contributed by atoms with E-state index in [1.807, 2.05) is 30.3 Å². The number of nitrogen functional groups attached to an aromatic ring is 1. The SMILES string of the molecule is Nc1cnc(-c2ccc3ncccc3c2)c(Cl)n1. The van der Waals surface area contributed by atoms with E-state index in [1.165, 1.54) is 6.20 Å². The molecule has 2 aromatic heterocycles. The van der Waals surface area contributed by atoms with Gasteiger partial charge in [0.05, 0.1) is 11.7 Å². The monoisotopic (exact) mass is 256 g/mol. The molecule has 4 nitrogen and oxygen atoms in total. The molecule has 18 heavy (non-hydrogen) atoms. The van der Waals surface area contributed by atoms with Crippen molar-refractivity contribution < 1.29 is 0 Å². The molecule has 3 rings (SSSR count). The molecule has 2 heterocycles. The number of nitrogens with zero attached hydrogens (tertiary/aromatic N) is 3. The molecule has 3 aromatic rings. The zero-order valence-electron chi connectivity index (χ0n) is 9.34. The third kappa shape index (κ3) is 1.87. The highest BCUT2D eigenvalue weighted by atomic mass is 35.5. The summed E-state index contributed by atoms with van der Waals surface area (Å²) in [6, 6.07) is 9.71. The largest absolute Gasteiger partial charge is 0.382 e. The normalized spacial score (nSPS) is 10.7. The summed E-state index contributed by atoms with van der Waals surface area (Å²) < 4.78 is 0. The second-order valence-corrected chi connectivity index (χ2v) is 4.20. The Kier molecular flexibility index (Phi) is 2.57. The fourth-order valence-electron chi connectivity index (χ4n) is 1.80. The average Bonchev–Trinajstić information content (AvgIpc) is 2.38. The standard InChI is InChI=1S/C13H9ClN4/c14-13-12(17-7-11(15)18-13)9-3-4-10-8(6-9)2-1-5-16-10/h1-7H,(H2,15,18). The molecule has 0 unspecified atom stereocenters. The lowest BCUT2D eigenvalue weighted by Crippen LogP contribution is -1.94. The second kappa shape index (κ2) is 4.23. The summed E-state index contributed by atoms with van der Waals surface area (Å²) in [6.07, 6.45) is 3.26. The maximum absolute atomic E-state index is 6.05. The number of rotatable bonds is 1. The van der Waals surface area contributed by atoms with Crippen LogP contribution in [0.15, 0.2) is 42.7 Å². The van der Waals surface area contributed by atoms with Crippen LogP contribution in [0.25, 0.3) is 22.2 Å². The second-order valence-electron chi connectivity index (χ2n) is 3.85. The minimum absolute atomic E-state index is 0.304. The van der Waals surface area contributed by atoms with Crippen LogP contribution in [-0.4, -0.2) is 15.0 Å². The van der Waals surface area contributed by atoms with Crippen molar-refractivity contribution in [3.05, 3.63) is 47.9 Å². The maximum Gasteiger partial charge on any atom is 0.157 e. The zero-order valence-corrected chi connectivity index (χ0v) is 10.1. The summed E-state index contributed by atoms with van der Waals surface area (Å²) in [5.74, 6) is 0.311. The van der Waals surface area contributed by atoms with Gasteiger partial charge in [-0.05, 0) is 18.2 Å². The molecule has 0 saturated carbocycles. The summed E-state index contributed by atoms with van der Waals surface area (Å²) in [5, 5.41) is 1.34. The lowest BCUT2D eigenvalue weighted by atomic mass is 10.1. The topological polar surface area (TPSA) is 64.7 Å². The number of halogens is 1. The number of hydrogen-bond acceptors (Lipinski definition) is 4. The van der Waals surface area contributed by atoms with Gasteiger partial charge in [-0.15, -0.1) is 0 Å². The van der Waals surface area contributed by atoms with Crippen LogP contribution in [0, 0.1) is 0 Å². The van der Waals surface area contributed by atoms with Gasteiger partial charge in [-0.2, -0.15) is 0 Å². The Morgan fingerprint density at radius 2 is 2.00 bits per heavy atom. The van der Waals surface area contributed by atoms with Crippen molar-refractivity contribution in [1.82, 2.24) is 15.0 Å². The Hall–Kier alpha value is -2.20. The van der Waals surface area contributed by atoms with Gasteiger partial charge in [-0.3, -0.25) is 4.98 Å². The van der Waals surface area contributed by atoms with E-state index in [0.717, 1.165) is 16.5 Å². The predicted molar refractivity (Wildman–Crippen MR) is 72.2 cm³/mol. The average molecular weight is 257 g/mol. The number of aromatic nitrogens is 3. The third-order valence-corrected chi connectivity index (χ3v) is 2.89. The molecular formula is C13H9ClN4. The van der Waals surface area contributed by atoms with Gasteiger partial charge in [0.25, 0.3) is 0 Å². The van der Waals surface area contributed by atoms with E-state index in [-0.39, 0.29) is 0 Å². The fourth-order valence-corrected chi connectivity index (χ4v) is 2.05. The molecule has 0 saturated heterocycles. The van der Waals surface area contributed by atoms with E-state index in [9.17, 15) is 0 Å². The molecule has 0 amide bonds. The third-order valence-electron chi connectivity index (χ3n) is 2.63. The first-order valence-corrected chi connectivity index (χ1v) is 5.75. The van der Waals surface area contributed by atoms with Crippen LogP contribution >= 0.6 is 11.6 Å². The van der Waals surface area contributed by atoms with Crippen LogP contribution in [0.4, 0.5) is 5.82 Å². The molecule has 88 valence electrons. The lowest BCUT2D eigenvalue weighted by molar-refractivity contribution is 1.22. The van der Waals surface area contributed by atoms with Crippen molar-refractivity contribution >= 4 is 28.3 Å². The highest BCUT2D eigenvalue weighted by molar-refractivity contribution is 6.31. The Morgan fingerprint density at radius 1 is 1.11 bits per heavy atom. The van der Waals surface area contributed by atoms with Gasteiger partial charge in [0, 0.05) is 17.1 Å². The smallest absolute Gasteiger partial charge is 0.157 e. The number of anilines is 1. The van der Waals surface area contributed by atoms with Crippen molar-refractivity contribution in [2.24, 2.45) is 0 Å². The van der Waals surface area contributed by atoms with Gasteiger partial charge >= 0.3 is 0 Å². The molecule has 1 aromatic carbocycles. The van der Waals surface area contributed by atoms with E-state index in [2.05, 4.69) is 15.0 Å². The van der Waals surface area contributed by atoms with Crippen LogP contribution in [0.2, 0.25) is 5.15 Å². The van der Waals surface area contributed by atoms with E-state index in [1.54, 1.807) is 6.20 Å². The van der Waals surface area contributed by atoms with Gasteiger partial charge in [-0.1, -0.05) is 23.7 Å². The Labute approximate surface area is 108 Å². The molecule has 0 aliphatic carbocycles. The van der Waals surface area contributed by atoms with E-state index < -0.39 is 0 Å². The summed E-state index contributed by atoms with van der Waals surface area (Å²) in [7, 11) is 0. The summed E-state index contributed by atoms with van der Waals surface area (Å²) >= 11 is 6.05. The van der Waals surface area contributed by atoms with Crippen LogP contribution in [0.5, 0.6) is 0 Å². The molecule has 0 fully saturated rings. The number of benzene rings is 1. The molecule has 0 aliphatic heterocycles. The van der Waals surface area contributed by atoms with E-state index in [4.69, 9.17) is 17.3 Å². The van der Waals surface area contributed by atoms with Gasteiger partial charge in [0.1, 0.15) is 11.5 Å². The number of nitrogens with two attached hydrogens (primary N) is 1. The Balaban J connectivity index is 2.19. The van der Waals surface area contributed by atoms with Gasteiger partial charge in [0.2, 0.25) is 0 Å². The minimum Gasteiger partial charge on any atom is -0.382 e. The van der Waals surface area contributed by atoms with Crippen molar-refractivity contribution in [1.29, 1.82) is 0 Å².